The summed E-state index contributed by atoms with van der Waals surface area (Å²) in [5.41, 5.74) is 0.169. The molecule has 0 saturated carbocycles. The van der Waals surface area contributed by atoms with Gasteiger partial charge in [0.1, 0.15) is 0 Å². The van der Waals surface area contributed by atoms with Crippen molar-refractivity contribution in [1.82, 2.24) is 0 Å². The highest BCUT2D eigenvalue weighted by Crippen LogP contribution is 2.26. The van der Waals surface area contributed by atoms with Crippen LogP contribution < -0.4 is 0 Å². The Hall–Kier alpha value is 0.310. The van der Waals surface area contributed by atoms with Gasteiger partial charge >= 0.3 is 0 Å². The molecule has 0 bridgehead atoms. The zero-order valence-corrected chi connectivity index (χ0v) is 8.71. The second-order valence-electron chi connectivity index (χ2n) is 3.27. The summed E-state index contributed by atoms with van der Waals surface area (Å²) in [5.74, 6) is 2.37. The van der Waals surface area contributed by atoms with Gasteiger partial charge in [-0.15, -0.1) is 0 Å². The van der Waals surface area contributed by atoms with Gasteiger partial charge in [0.25, 0.3) is 0 Å². The first-order valence-corrected chi connectivity index (χ1v) is 5.52. The second-order valence-corrected chi connectivity index (χ2v) is 4.66. The Bertz CT molecular complexity index is 89.6. The summed E-state index contributed by atoms with van der Waals surface area (Å²) in [6.07, 6.45) is 2.21. The average Bonchev–Trinajstić information content (AvgIpc) is 2.05. The van der Waals surface area contributed by atoms with Crippen molar-refractivity contribution >= 4 is 11.8 Å². The standard InChI is InChI=1S/C9H20OS/c1-4-9(3,8-10)6-7-11-5-2/h10H,4-8H2,1-3H3. The summed E-state index contributed by atoms with van der Waals surface area (Å²) < 4.78 is 0. The molecule has 0 fully saturated rings. The fraction of sp³-hybridized carbons (Fsp3) is 1.00. The van der Waals surface area contributed by atoms with Crippen molar-refractivity contribution in [3.05, 3.63) is 0 Å². The molecule has 0 radical (unpaired) electrons. The first-order valence-electron chi connectivity index (χ1n) is 4.37. The molecule has 0 aliphatic heterocycles. The molecule has 1 atom stereocenters. The quantitative estimate of drug-likeness (QED) is 0.628. The van der Waals surface area contributed by atoms with Crippen molar-refractivity contribution < 1.29 is 5.11 Å². The molecule has 0 aliphatic carbocycles. The molecule has 68 valence electrons. The van der Waals surface area contributed by atoms with E-state index in [1.807, 2.05) is 11.8 Å². The van der Waals surface area contributed by atoms with Gasteiger partial charge in [0.2, 0.25) is 0 Å². The van der Waals surface area contributed by atoms with Crippen LogP contribution in [0.15, 0.2) is 0 Å². The number of hydrogen-bond donors (Lipinski definition) is 1. The first-order chi connectivity index (χ1) is 5.18. The van der Waals surface area contributed by atoms with E-state index in [4.69, 9.17) is 5.11 Å². The van der Waals surface area contributed by atoms with Gasteiger partial charge in [-0.25, -0.2) is 0 Å². The minimum Gasteiger partial charge on any atom is -0.396 e. The number of aliphatic hydroxyl groups is 1. The monoisotopic (exact) mass is 176 g/mol. The zero-order valence-electron chi connectivity index (χ0n) is 7.89. The maximum Gasteiger partial charge on any atom is 0.0484 e. The summed E-state index contributed by atoms with van der Waals surface area (Å²) in [6, 6.07) is 0. The van der Waals surface area contributed by atoms with Crippen LogP contribution in [-0.2, 0) is 0 Å². The topological polar surface area (TPSA) is 20.2 Å². The van der Waals surface area contributed by atoms with Gasteiger partial charge in [-0.05, 0) is 29.8 Å². The average molecular weight is 176 g/mol. The first kappa shape index (κ1) is 11.3. The molecule has 0 aromatic rings. The largest absolute Gasteiger partial charge is 0.396 e. The molecule has 0 rings (SSSR count). The molecule has 1 N–H and O–H groups in total. The van der Waals surface area contributed by atoms with Crippen LogP contribution in [-0.4, -0.2) is 23.2 Å². The Morgan fingerprint density at radius 3 is 2.36 bits per heavy atom. The third-order valence-corrected chi connectivity index (χ3v) is 3.19. The van der Waals surface area contributed by atoms with E-state index in [1.165, 1.54) is 11.5 Å². The van der Waals surface area contributed by atoms with E-state index >= 15 is 0 Å². The molecule has 0 spiro atoms. The van der Waals surface area contributed by atoms with Gasteiger partial charge in [0.15, 0.2) is 0 Å². The molecule has 1 unspecified atom stereocenters. The SMILES string of the molecule is CCSCCC(C)(CC)CO. The number of hydrogen-bond acceptors (Lipinski definition) is 2. The summed E-state index contributed by atoms with van der Waals surface area (Å²) in [7, 11) is 0. The van der Waals surface area contributed by atoms with E-state index in [9.17, 15) is 0 Å². The fourth-order valence-corrected chi connectivity index (χ4v) is 1.76. The van der Waals surface area contributed by atoms with Crippen molar-refractivity contribution in [1.29, 1.82) is 0 Å². The minimum absolute atomic E-state index is 0.169. The summed E-state index contributed by atoms with van der Waals surface area (Å²) in [4.78, 5) is 0. The van der Waals surface area contributed by atoms with Crippen LogP contribution in [0.4, 0.5) is 0 Å². The van der Waals surface area contributed by atoms with Crippen LogP contribution in [0, 0.1) is 5.41 Å². The molecule has 11 heavy (non-hydrogen) atoms. The Kier molecular flexibility index (Phi) is 6.06. The van der Waals surface area contributed by atoms with Gasteiger partial charge in [-0.1, -0.05) is 20.8 Å². The van der Waals surface area contributed by atoms with Crippen molar-refractivity contribution in [3.8, 4) is 0 Å². The lowest BCUT2D eigenvalue weighted by atomic mass is 9.86. The van der Waals surface area contributed by atoms with E-state index in [1.54, 1.807) is 0 Å². The molecular formula is C9H20OS. The summed E-state index contributed by atoms with van der Waals surface area (Å²) in [5, 5.41) is 9.08. The van der Waals surface area contributed by atoms with Crippen molar-refractivity contribution in [2.45, 2.75) is 33.6 Å². The maximum atomic E-state index is 9.08. The molecule has 0 heterocycles. The van der Waals surface area contributed by atoms with E-state index in [0.29, 0.717) is 6.61 Å². The van der Waals surface area contributed by atoms with Crippen LogP contribution in [0.5, 0.6) is 0 Å². The van der Waals surface area contributed by atoms with E-state index < -0.39 is 0 Å². The third kappa shape index (κ3) is 4.70. The Balaban J connectivity index is 3.51. The van der Waals surface area contributed by atoms with Crippen molar-refractivity contribution in [2.24, 2.45) is 5.41 Å². The number of thioether (sulfide) groups is 1. The Labute approximate surface area is 74.6 Å². The smallest absolute Gasteiger partial charge is 0.0484 e. The highest BCUT2D eigenvalue weighted by Gasteiger charge is 2.19. The van der Waals surface area contributed by atoms with Gasteiger partial charge in [-0.3, -0.25) is 0 Å². The van der Waals surface area contributed by atoms with Crippen molar-refractivity contribution in [2.75, 3.05) is 18.1 Å². The third-order valence-electron chi connectivity index (χ3n) is 2.29. The highest BCUT2D eigenvalue weighted by atomic mass is 32.2. The van der Waals surface area contributed by atoms with Crippen LogP contribution in [0.3, 0.4) is 0 Å². The molecule has 0 aromatic heterocycles. The molecule has 0 amide bonds. The minimum atomic E-state index is 0.169. The Morgan fingerprint density at radius 1 is 1.36 bits per heavy atom. The van der Waals surface area contributed by atoms with Crippen LogP contribution in [0.1, 0.15) is 33.6 Å². The lowest BCUT2D eigenvalue weighted by Gasteiger charge is -2.24. The molecule has 0 aromatic carbocycles. The van der Waals surface area contributed by atoms with Crippen molar-refractivity contribution in [3.63, 3.8) is 0 Å². The Morgan fingerprint density at radius 2 is 2.00 bits per heavy atom. The molecule has 0 saturated heterocycles. The summed E-state index contributed by atoms with van der Waals surface area (Å²) >= 11 is 1.95. The zero-order chi connectivity index (χ0) is 8.74. The van der Waals surface area contributed by atoms with Gasteiger partial charge in [0, 0.05) is 6.61 Å². The van der Waals surface area contributed by atoms with Gasteiger partial charge in [-0.2, -0.15) is 11.8 Å². The van der Waals surface area contributed by atoms with E-state index in [0.717, 1.165) is 12.8 Å². The number of aliphatic hydroxyl groups excluding tert-OH is 1. The van der Waals surface area contributed by atoms with Crippen LogP contribution in [0.2, 0.25) is 0 Å². The molecule has 2 heteroatoms. The highest BCUT2D eigenvalue weighted by molar-refractivity contribution is 7.99. The second kappa shape index (κ2) is 5.90. The molecular weight excluding hydrogens is 156 g/mol. The fourth-order valence-electron chi connectivity index (χ4n) is 0.831. The molecule has 1 nitrogen and oxygen atoms in total. The van der Waals surface area contributed by atoms with Crippen LogP contribution >= 0.6 is 11.8 Å². The predicted octanol–water partition coefficient (Wildman–Crippen LogP) is 2.54. The van der Waals surface area contributed by atoms with E-state index in [-0.39, 0.29) is 5.41 Å². The lowest BCUT2D eigenvalue weighted by Crippen LogP contribution is -2.21. The van der Waals surface area contributed by atoms with E-state index in [2.05, 4.69) is 20.8 Å². The lowest BCUT2D eigenvalue weighted by molar-refractivity contribution is 0.135. The summed E-state index contributed by atoms with van der Waals surface area (Å²) in [6.45, 7) is 6.80. The predicted molar refractivity (Wildman–Crippen MR) is 53.1 cm³/mol. The molecule has 0 aliphatic rings. The van der Waals surface area contributed by atoms with Gasteiger partial charge < -0.3 is 5.11 Å². The van der Waals surface area contributed by atoms with Gasteiger partial charge in [0.05, 0.1) is 0 Å². The number of rotatable bonds is 6. The van der Waals surface area contributed by atoms with Crippen LogP contribution in [0.25, 0.3) is 0 Å². The normalized spacial score (nSPS) is 16.4. The maximum absolute atomic E-state index is 9.08.